The van der Waals surface area contributed by atoms with Crippen molar-refractivity contribution in [3.05, 3.63) is 18.2 Å². The smallest absolute Gasteiger partial charge is 0.105 e. The summed E-state index contributed by atoms with van der Waals surface area (Å²) in [6, 6.07) is 2.36. The van der Waals surface area contributed by atoms with Crippen molar-refractivity contribution in [1.29, 1.82) is 0 Å². The van der Waals surface area contributed by atoms with E-state index in [1.54, 1.807) is 0 Å². The Morgan fingerprint density at radius 1 is 1.30 bits per heavy atom. The number of imidazole rings is 1. The maximum Gasteiger partial charge on any atom is 0.105 e. The predicted octanol–water partition coefficient (Wildman–Crippen LogP) is 2.19. The summed E-state index contributed by atoms with van der Waals surface area (Å²) in [7, 11) is 0. The van der Waals surface area contributed by atoms with Gasteiger partial charge in [0.2, 0.25) is 0 Å². The van der Waals surface area contributed by atoms with Gasteiger partial charge >= 0.3 is 0 Å². The van der Waals surface area contributed by atoms with Crippen LogP contribution in [0.25, 0.3) is 0 Å². The highest BCUT2D eigenvalue weighted by atomic mass is 15.2. The minimum Gasteiger partial charge on any atom is -0.334 e. The van der Waals surface area contributed by atoms with Crippen molar-refractivity contribution in [2.45, 2.75) is 70.6 Å². The van der Waals surface area contributed by atoms with Gasteiger partial charge in [-0.15, -0.1) is 0 Å². The molecule has 112 valence electrons. The highest BCUT2D eigenvalue weighted by Gasteiger charge is 2.35. The molecule has 2 atom stereocenters. The number of piperidine rings is 1. The van der Waals surface area contributed by atoms with Crippen LogP contribution in [0.1, 0.15) is 44.9 Å². The summed E-state index contributed by atoms with van der Waals surface area (Å²) in [5.74, 6) is 1.13. The predicted molar refractivity (Wildman–Crippen MR) is 81.8 cm³/mol. The van der Waals surface area contributed by atoms with E-state index in [2.05, 4.69) is 39.8 Å². The van der Waals surface area contributed by atoms with E-state index < -0.39 is 0 Å². The Balaban J connectivity index is 1.59. The van der Waals surface area contributed by atoms with E-state index in [9.17, 15) is 0 Å². The molecule has 2 aliphatic rings. The number of aryl methyl sites for hydroxylation is 1. The van der Waals surface area contributed by atoms with Gasteiger partial charge in [0.25, 0.3) is 0 Å². The lowest BCUT2D eigenvalue weighted by Gasteiger charge is -2.38. The lowest BCUT2D eigenvalue weighted by atomic mass is 9.98. The van der Waals surface area contributed by atoms with Crippen molar-refractivity contribution in [2.24, 2.45) is 0 Å². The number of nitrogens with one attached hydrogen (secondary N) is 1. The van der Waals surface area contributed by atoms with Gasteiger partial charge in [-0.05, 0) is 45.6 Å². The Hall–Kier alpha value is -0.870. The highest BCUT2D eigenvalue weighted by Crippen LogP contribution is 2.29. The van der Waals surface area contributed by atoms with Crippen LogP contribution in [0.3, 0.4) is 0 Å². The minimum absolute atomic E-state index is 0.785. The van der Waals surface area contributed by atoms with E-state index in [0.717, 1.165) is 37.0 Å². The monoisotopic (exact) mass is 276 g/mol. The van der Waals surface area contributed by atoms with Gasteiger partial charge in [0.1, 0.15) is 5.82 Å². The van der Waals surface area contributed by atoms with Crippen LogP contribution in [0.15, 0.2) is 12.4 Å². The topological polar surface area (TPSA) is 33.1 Å². The Labute approximate surface area is 122 Å². The van der Waals surface area contributed by atoms with E-state index in [4.69, 9.17) is 0 Å². The molecule has 0 aliphatic carbocycles. The van der Waals surface area contributed by atoms with Crippen LogP contribution in [0.5, 0.6) is 0 Å². The van der Waals surface area contributed by atoms with E-state index in [0.29, 0.717) is 0 Å². The summed E-state index contributed by atoms with van der Waals surface area (Å²) in [6.07, 6.45) is 10.7. The average molecular weight is 276 g/mol. The molecule has 1 N–H and O–H groups in total. The van der Waals surface area contributed by atoms with Gasteiger partial charge in [0.05, 0.1) is 0 Å². The van der Waals surface area contributed by atoms with Gasteiger partial charge in [-0.2, -0.15) is 0 Å². The molecule has 4 nitrogen and oxygen atoms in total. The summed E-state index contributed by atoms with van der Waals surface area (Å²) >= 11 is 0. The number of rotatable bonds is 6. The lowest BCUT2D eigenvalue weighted by molar-refractivity contribution is 0.136. The molecule has 0 radical (unpaired) electrons. The molecule has 2 unspecified atom stereocenters. The van der Waals surface area contributed by atoms with Crippen LogP contribution in [-0.4, -0.2) is 45.7 Å². The van der Waals surface area contributed by atoms with Crippen LogP contribution in [0.2, 0.25) is 0 Å². The maximum atomic E-state index is 4.32. The molecule has 20 heavy (non-hydrogen) atoms. The zero-order valence-electron chi connectivity index (χ0n) is 12.9. The molecule has 2 aliphatic heterocycles. The fourth-order valence-corrected chi connectivity index (χ4v) is 3.97. The fourth-order valence-electron chi connectivity index (χ4n) is 3.97. The Morgan fingerprint density at radius 3 is 2.65 bits per heavy atom. The first kappa shape index (κ1) is 14.1. The summed E-state index contributed by atoms with van der Waals surface area (Å²) in [4.78, 5) is 7.05. The van der Waals surface area contributed by atoms with E-state index in [1.165, 1.54) is 38.6 Å². The number of hydrogen-bond donors (Lipinski definition) is 1. The second kappa shape index (κ2) is 6.27. The molecular weight excluding hydrogens is 248 g/mol. The normalized spacial score (nSPS) is 29.2. The number of fused-ring (bicyclic) bond motifs is 2. The molecule has 0 saturated carbocycles. The zero-order chi connectivity index (χ0) is 13.9. The molecule has 2 saturated heterocycles. The SMILES string of the molecule is CCCN(CCn1ccnc1C)C1CC2CCC(C1)N2. The second-order valence-corrected chi connectivity index (χ2v) is 6.47. The average Bonchev–Trinajstić information content (AvgIpc) is 3.00. The van der Waals surface area contributed by atoms with Gasteiger partial charge in [-0.3, -0.25) is 4.90 Å². The Morgan fingerprint density at radius 2 is 2.05 bits per heavy atom. The standard InChI is InChI=1S/C16H28N4/c1-3-7-20(10-9-19-8-6-17-13(19)2)16-11-14-4-5-15(12-16)18-14/h6,8,14-16,18H,3-5,7,9-12H2,1-2H3. The lowest BCUT2D eigenvalue weighted by Crippen LogP contribution is -2.49. The maximum absolute atomic E-state index is 4.32. The van der Waals surface area contributed by atoms with Crippen molar-refractivity contribution in [2.75, 3.05) is 13.1 Å². The summed E-state index contributed by atoms with van der Waals surface area (Å²) in [5, 5.41) is 3.75. The molecule has 0 spiro atoms. The molecule has 2 fully saturated rings. The first-order valence-electron chi connectivity index (χ1n) is 8.24. The second-order valence-electron chi connectivity index (χ2n) is 6.47. The Bertz CT molecular complexity index is 416. The zero-order valence-corrected chi connectivity index (χ0v) is 12.9. The number of hydrogen-bond acceptors (Lipinski definition) is 3. The van der Waals surface area contributed by atoms with Gasteiger partial charge in [-0.25, -0.2) is 4.98 Å². The summed E-state index contributed by atoms with van der Waals surface area (Å²) in [6.45, 7) is 7.86. The van der Waals surface area contributed by atoms with Crippen molar-refractivity contribution >= 4 is 0 Å². The largest absolute Gasteiger partial charge is 0.334 e. The van der Waals surface area contributed by atoms with Gasteiger partial charge in [-0.1, -0.05) is 6.92 Å². The molecule has 0 aromatic carbocycles. The molecule has 3 heterocycles. The van der Waals surface area contributed by atoms with E-state index in [-0.39, 0.29) is 0 Å². The van der Waals surface area contributed by atoms with Crippen LogP contribution >= 0.6 is 0 Å². The van der Waals surface area contributed by atoms with Crippen molar-refractivity contribution in [3.8, 4) is 0 Å². The van der Waals surface area contributed by atoms with Crippen molar-refractivity contribution in [1.82, 2.24) is 19.8 Å². The Kier molecular flexibility index (Phi) is 4.41. The van der Waals surface area contributed by atoms with Crippen molar-refractivity contribution < 1.29 is 0 Å². The third-order valence-electron chi connectivity index (χ3n) is 5.03. The summed E-state index contributed by atoms with van der Waals surface area (Å²) < 4.78 is 2.28. The number of nitrogens with zero attached hydrogens (tertiary/aromatic N) is 3. The molecule has 4 heteroatoms. The van der Waals surface area contributed by atoms with Crippen LogP contribution < -0.4 is 5.32 Å². The highest BCUT2D eigenvalue weighted by molar-refractivity contribution is 4.96. The summed E-state index contributed by atoms with van der Waals surface area (Å²) in [5.41, 5.74) is 0. The molecule has 1 aromatic heterocycles. The molecule has 3 rings (SSSR count). The van der Waals surface area contributed by atoms with E-state index in [1.807, 2.05) is 6.20 Å². The van der Waals surface area contributed by atoms with Crippen LogP contribution in [0, 0.1) is 6.92 Å². The molecular formula is C16H28N4. The van der Waals surface area contributed by atoms with E-state index >= 15 is 0 Å². The third-order valence-corrected chi connectivity index (χ3v) is 5.03. The van der Waals surface area contributed by atoms with Gasteiger partial charge in [0, 0.05) is 43.6 Å². The fraction of sp³-hybridized carbons (Fsp3) is 0.812. The van der Waals surface area contributed by atoms with Gasteiger partial charge in [0.15, 0.2) is 0 Å². The molecule has 2 bridgehead atoms. The minimum atomic E-state index is 0.785. The van der Waals surface area contributed by atoms with Gasteiger partial charge < -0.3 is 9.88 Å². The number of aromatic nitrogens is 2. The molecule has 1 aromatic rings. The first-order chi connectivity index (χ1) is 9.76. The first-order valence-corrected chi connectivity index (χ1v) is 8.24. The quantitative estimate of drug-likeness (QED) is 0.864. The van der Waals surface area contributed by atoms with Crippen LogP contribution in [-0.2, 0) is 6.54 Å². The molecule has 0 amide bonds. The van der Waals surface area contributed by atoms with Crippen LogP contribution in [0.4, 0.5) is 0 Å². The third kappa shape index (κ3) is 3.07. The van der Waals surface area contributed by atoms with Crippen molar-refractivity contribution in [3.63, 3.8) is 0 Å².